The fourth-order valence-corrected chi connectivity index (χ4v) is 4.47. The first kappa shape index (κ1) is 22.2. The summed E-state index contributed by atoms with van der Waals surface area (Å²) >= 11 is 0. The lowest BCUT2D eigenvalue weighted by atomic mass is 10.0. The molecule has 3 aromatic rings. The molecule has 178 valence electrons. The molecule has 1 fully saturated rings. The van der Waals surface area contributed by atoms with E-state index in [4.69, 9.17) is 14.2 Å². The van der Waals surface area contributed by atoms with Gasteiger partial charge in [0.15, 0.2) is 11.5 Å². The predicted molar refractivity (Wildman–Crippen MR) is 126 cm³/mol. The minimum atomic E-state index is -0.641. The van der Waals surface area contributed by atoms with Crippen molar-refractivity contribution in [2.75, 3.05) is 46.2 Å². The van der Waals surface area contributed by atoms with Crippen molar-refractivity contribution in [1.82, 2.24) is 20.5 Å². The van der Waals surface area contributed by atoms with Gasteiger partial charge in [-0.1, -0.05) is 24.3 Å². The zero-order valence-electron chi connectivity index (χ0n) is 18.8. The average molecular weight is 465 g/mol. The quantitative estimate of drug-likeness (QED) is 0.460. The van der Waals surface area contributed by atoms with Gasteiger partial charge in [-0.2, -0.15) is 0 Å². The van der Waals surface area contributed by atoms with E-state index < -0.39 is 11.8 Å². The summed E-state index contributed by atoms with van der Waals surface area (Å²) in [4.78, 5) is 30.4. The number of hydrogen-bond donors (Lipinski definition) is 3. The number of para-hydroxylation sites is 1. The number of H-pyrrole nitrogens is 1. The number of amides is 2. The normalized spacial score (nSPS) is 16.4. The van der Waals surface area contributed by atoms with Gasteiger partial charge in [0.2, 0.25) is 6.79 Å². The third-order valence-electron chi connectivity index (χ3n) is 6.28. The highest BCUT2D eigenvalue weighted by Gasteiger charge is 2.26. The minimum absolute atomic E-state index is 0.110. The van der Waals surface area contributed by atoms with E-state index in [0.717, 1.165) is 35.1 Å². The Labute approximate surface area is 197 Å². The maximum Gasteiger partial charge on any atom is 0.309 e. The van der Waals surface area contributed by atoms with Crippen molar-refractivity contribution in [3.05, 3.63) is 59.8 Å². The summed E-state index contributed by atoms with van der Waals surface area (Å²) in [7, 11) is 0. The third kappa shape index (κ3) is 4.85. The summed E-state index contributed by atoms with van der Waals surface area (Å²) in [6, 6.07) is 13.7. The van der Waals surface area contributed by atoms with Gasteiger partial charge in [-0.05, 0) is 35.7 Å². The van der Waals surface area contributed by atoms with Crippen LogP contribution in [0.15, 0.2) is 48.7 Å². The maximum atomic E-state index is 12.5. The molecule has 2 aliphatic rings. The van der Waals surface area contributed by atoms with Gasteiger partial charge in [0.05, 0.1) is 19.3 Å². The molecule has 0 radical (unpaired) electrons. The van der Waals surface area contributed by atoms with Crippen LogP contribution in [0.4, 0.5) is 0 Å². The van der Waals surface area contributed by atoms with Gasteiger partial charge in [0, 0.05) is 43.3 Å². The zero-order chi connectivity index (χ0) is 23.3. The average Bonchev–Trinajstić information content (AvgIpc) is 3.51. The summed E-state index contributed by atoms with van der Waals surface area (Å²) in [6.45, 7) is 3.62. The van der Waals surface area contributed by atoms with E-state index >= 15 is 0 Å². The molecule has 5 rings (SSSR count). The number of morpholine rings is 1. The van der Waals surface area contributed by atoms with Crippen LogP contribution in [-0.2, 0) is 20.7 Å². The van der Waals surface area contributed by atoms with Crippen molar-refractivity contribution in [2.24, 2.45) is 0 Å². The predicted octanol–water partition coefficient (Wildman–Crippen LogP) is 1.74. The zero-order valence-corrected chi connectivity index (χ0v) is 18.8. The van der Waals surface area contributed by atoms with E-state index in [1.165, 1.54) is 0 Å². The molecule has 1 atom stereocenters. The van der Waals surface area contributed by atoms with Crippen molar-refractivity contribution in [3.63, 3.8) is 0 Å². The lowest BCUT2D eigenvalue weighted by Crippen LogP contribution is -2.47. The Hall–Kier alpha value is -3.56. The monoisotopic (exact) mass is 464 g/mol. The number of rotatable bonds is 7. The molecule has 0 unspecified atom stereocenters. The fraction of sp³-hybridized carbons (Fsp3) is 0.360. The van der Waals surface area contributed by atoms with Gasteiger partial charge >= 0.3 is 11.8 Å². The molecular formula is C25H28N4O5. The Balaban J connectivity index is 1.17. The molecule has 2 aromatic carbocycles. The second kappa shape index (κ2) is 10.1. The SMILES string of the molecule is O=C(NCCc1c[nH]c2ccccc12)C(=O)NC[C@@H](c1ccc2c(c1)OCO2)N1CCOCC1. The number of carbonyl (C=O) groups excluding carboxylic acids is 2. The first-order valence-electron chi connectivity index (χ1n) is 11.5. The highest BCUT2D eigenvalue weighted by Crippen LogP contribution is 2.35. The van der Waals surface area contributed by atoms with Crippen LogP contribution in [0.1, 0.15) is 17.2 Å². The molecule has 34 heavy (non-hydrogen) atoms. The fourth-order valence-electron chi connectivity index (χ4n) is 4.47. The van der Waals surface area contributed by atoms with Crippen LogP contribution in [0, 0.1) is 0 Å². The van der Waals surface area contributed by atoms with Crippen LogP contribution in [0.3, 0.4) is 0 Å². The molecular weight excluding hydrogens is 436 g/mol. The first-order valence-corrected chi connectivity index (χ1v) is 11.5. The number of aromatic nitrogens is 1. The Morgan fingerprint density at radius 3 is 2.68 bits per heavy atom. The minimum Gasteiger partial charge on any atom is -0.454 e. The molecule has 3 heterocycles. The number of benzene rings is 2. The van der Waals surface area contributed by atoms with E-state index in [-0.39, 0.29) is 12.8 Å². The van der Waals surface area contributed by atoms with E-state index in [0.29, 0.717) is 44.2 Å². The molecule has 2 amide bonds. The van der Waals surface area contributed by atoms with Crippen LogP contribution >= 0.6 is 0 Å². The highest BCUT2D eigenvalue weighted by atomic mass is 16.7. The number of carbonyl (C=O) groups is 2. The van der Waals surface area contributed by atoms with Crippen LogP contribution in [0.5, 0.6) is 11.5 Å². The topological polar surface area (TPSA) is 105 Å². The van der Waals surface area contributed by atoms with Crippen molar-refractivity contribution in [2.45, 2.75) is 12.5 Å². The number of hydrogen-bond acceptors (Lipinski definition) is 6. The number of nitrogens with one attached hydrogen (secondary N) is 3. The molecule has 0 aliphatic carbocycles. The molecule has 0 spiro atoms. The molecule has 2 aliphatic heterocycles. The van der Waals surface area contributed by atoms with Gasteiger partial charge < -0.3 is 29.8 Å². The highest BCUT2D eigenvalue weighted by molar-refractivity contribution is 6.35. The number of ether oxygens (including phenoxy) is 3. The van der Waals surface area contributed by atoms with E-state index in [1.54, 1.807) is 0 Å². The van der Waals surface area contributed by atoms with E-state index in [2.05, 4.69) is 20.5 Å². The van der Waals surface area contributed by atoms with Crippen molar-refractivity contribution < 1.29 is 23.8 Å². The van der Waals surface area contributed by atoms with Crippen LogP contribution in [0.25, 0.3) is 10.9 Å². The Morgan fingerprint density at radius 2 is 1.79 bits per heavy atom. The van der Waals surface area contributed by atoms with E-state index in [1.807, 2.05) is 48.7 Å². The number of aromatic amines is 1. The van der Waals surface area contributed by atoms with Crippen molar-refractivity contribution >= 4 is 22.7 Å². The molecule has 0 bridgehead atoms. The summed E-state index contributed by atoms with van der Waals surface area (Å²) < 4.78 is 16.4. The molecule has 1 aromatic heterocycles. The molecule has 3 N–H and O–H groups in total. The second-order valence-corrected chi connectivity index (χ2v) is 8.35. The van der Waals surface area contributed by atoms with E-state index in [9.17, 15) is 9.59 Å². The summed E-state index contributed by atoms with van der Waals surface area (Å²) in [6.07, 6.45) is 2.58. The molecule has 9 nitrogen and oxygen atoms in total. The summed E-state index contributed by atoms with van der Waals surface area (Å²) in [5.41, 5.74) is 3.15. The Bertz CT molecular complexity index is 1170. The molecule has 0 saturated carbocycles. The van der Waals surface area contributed by atoms with Gasteiger partial charge in [-0.25, -0.2) is 0 Å². The standard InChI is InChI=1S/C25H28N4O5/c30-24(26-8-7-18-14-27-20-4-2-1-3-19(18)20)25(31)28-15-21(29-9-11-32-12-10-29)17-5-6-22-23(13-17)34-16-33-22/h1-6,13-14,21,27H,7-12,15-16H2,(H,26,30)(H,28,31)/t21-/m0/s1. The maximum absolute atomic E-state index is 12.5. The summed E-state index contributed by atoms with van der Waals surface area (Å²) in [5, 5.41) is 6.66. The number of nitrogens with zero attached hydrogens (tertiary/aromatic N) is 1. The Kier molecular flexibility index (Phi) is 6.64. The largest absolute Gasteiger partial charge is 0.454 e. The van der Waals surface area contributed by atoms with Crippen LogP contribution in [-0.4, -0.2) is 67.9 Å². The third-order valence-corrected chi connectivity index (χ3v) is 6.28. The van der Waals surface area contributed by atoms with Crippen molar-refractivity contribution in [3.8, 4) is 11.5 Å². The van der Waals surface area contributed by atoms with Gasteiger partial charge in [0.25, 0.3) is 0 Å². The lowest BCUT2D eigenvalue weighted by molar-refractivity contribution is -0.139. The summed E-state index contributed by atoms with van der Waals surface area (Å²) in [5.74, 6) is 0.129. The molecule has 9 heteroatoms. The lowest BCUT2D eigenvalue weighted by Gasteiger charge is -2.34. The van der Waals surface area contributed by atoms with Gasteiger partial charge in [0.1, 0.15) is 0 Å². The second-order valence-electron chi connectivity index (χ2n) is 8.35. The van der Waals surface area contributed by atoms with Gasteiger partial charge in [-0.3, -0.25) is 14.5 Å². The Morgan fingerprint density at radius 1 is 1.00 bits per heavy atom. The van der Waals surface area contributed by atoms with Crippen LogP contribution < -0.4 is 20.1 Å². The van der Waals surface area contributed by atoms with Gasteiger partial charge in [-0.15, -0.1) is 0 Å². The number of fused-ring (bicyclic) bond motifs is 2. The van der Waals surface area contributed by atoms with Crippen LogP contribution in [0.2, 0.25) is 0 Å². The molecule has 1 saturated heterocycles. The van der Waals surface area contributed by atoms with Crippen molar-refractivity contribution in [1.29, 1.82) is 0 Å². The smallest absolute Gasteiger partial charge is 0.309 e. The first-order chi connectivity index (χ1) is 16.7.